The number of nitrogens with zero attached hydrogens (tertiary/aromatic N) is 1. The lowest BCUT2D eigenvalue weighted by Gasteiger charge is -2.20. The molecule has 0 bridgehead atoms. The molecule has 1 aliphatic heterocycles. The van der Waals surface area contributed by atoms with Crippen LogP contribution in [0, 0.1) is 5.92 Å². The van der Waals surface area contributed by atoms with Crippen molar-refractivity contribution in [2.24, 2.45) is 5.92 Å². The first-order valence-corrected chi connectivity index (χ1v) is 6.73. The average molecular weight is 275 g/mol. The van der Waals surface area contributed by atoms with Gasteiger partial charge >= 0.3 is 0 Å². The molecule has 1 rings (SSSR count). The molecule has 1 aliphatic rings. The van der Waals surface area contributed by atoms with Gasteiger partial charge in [-0.2, -0.15) is 0 Å². The van der Waals surface area contributed by atoms with Gasteiger partial charge in [0.15, 0.2) is 0 Å². The summed E-state index contributed by atoms with van der Waals surface area (Å²) in [6.45, 7) is 4.66. The van der Waals surface area contributed by atoms with E-state index in [1.165, 1.54) is 0 Å². The highest BCUT2D eigenvalue weighted by Gasteiger charge is 2.25. The number of amides is 1. The summed E-state index contributed by atoms with van der Waals surface area (Å²) < 4.78 is 20.7. The summed E-state index contributed by atoms with van der Waals surface area (Å²) in [7, 11) is 3.45. The second-order valence-corrected chi connectivity index (χ2v) is 4.54. The SMILES string of the molecule is COCCOCCOCCN(C)C(=O)C1CCOC1. The first-order chi connectivity index (χ1) is 9.25. The van der Waals surface area contributed by atoms with Gasteiger partial charge in [-0.05, 0) is 6.42 Å². The van der Waals surface area contributed by atoms with E-state index in [2.05, 4.69) is 0 Å². The predicted octanol–water partition coefficient (Wildman–Crippen LogP) is 0.161. The lowest BCUT2D eigenvalue weighted by atomic mass is 10.1. The molecule has 6 nitrogen and oxygen atoms in total. The van der Waals surface area contributed by atoms with E-state index in [-0.39, 0.29) is 11.8 Å². The van der Waals surface area contributed by atoms with Crippen LogP contribution in [0.1, 0.15) is 6.42 Å². The summed E-state index contributed by atoms with van der Waals surface area (Å²) in [6, 6.07) is 0. The molecular formula is C13H25NO5. The Morgan fingerprint density at radius 2 is 1.89 bits per heavy atom. The van der Waals surface area contributed by atoms with Crippen molar-refractivity contribution in [2.45, 2.75) is 6.42 Å². The lowest BCUT2D eigenvalue weighted by molar-refractivity contribution is -0.134. The van der Waals surface area contributed by atoms with Crippen molar-refractivity contribution in [3.8, 4) is 0 Å². The molecule has 0 aromatic rings. The minimum absolute atomic E-state index is 0.0300. The monoisotopic (exact) mass is 275 g/mol. The fourth-order valence-corrected chi connectivity index (χ4v) is 1.82. The highest BCUT2D eigenvalue weighted by molar-refractivity contribution is 5.78. The quantitative estimate of drug-likeness (QED) is 0.532. The van der Waals surface area contributed by atoms with Gasteiger partial charge in [0.25, 0.3) is 0 Å². The predicted molar refractivity (Wildman–Crippen MR) is 70.1 cm³/mol. The zero-order valence-corrected chi connectivity index (χ0v) is 11.9. The van der Waals surface area contributed by atoms with Gasteiger partial charge in [0.1, 0.15) is 0 Å². The standard InChI is InChI=1S/C13H25NO5/c1-14(13(15)12-3-5-19-11-12)4-6-17-9-10-18-8-7-16-2/h12H,3-11H2,1-2H3. The van der Waals surface area contributed by atoms with E-state index < -0.39 is 0 Å². The van der Waals surface area contributed by atoms with Crippen molar-refractivity contribution in [1.82, 2.24) is 4.90 Å². The van der Waals surface area contributed by atoms with E-state index in [0.29, 0.717) is 52.8 Å². The molecule has 0 aromatic heterocycles. The van der Waals surface area contributed by atoms with E-state index >= 15 is 0 Å². The second-order valence-electron chi connectivity index (χ2n) is 4.54. The van der Waals surface area contributed by atoms with Crippen molar-refractivity contribution < 1.29 is 23.7 Å². The van der Waals surface area contributed by atoms with Crippen LogP contribution >= 0.6 is 0 Å². The van der Waals surface area contributed by atoms with E-state index in [9.17, 15) is 4.79 Å². The molecule has 0 spiro atoms. The van der Waals surface area contributed by atoms with Gasteiger partial charge in [0, 0.05) is 27.3 Å². The molecule has 0 N–H and O–H groups in total. The number of carbonyl (C=O) groups excluding carboxylic acids is 1. The van der Waals surface area contributed by atoms with E-state index in [0.717, 1.165) is 6.42 Å². The lowest BCUT2D eigenvalue weighted by Crippen LogP contribution is -2.35. The zero-order chi connectivity index (χ0) is 13.9. The van der Waals surface area contributed by atoms with Crippen LogP contribution in [0.3, 0.4) is 0 Å². The molecule has 1 fully saturated rings. The van der Waals surface area contributed by atoms with Gasteiger partial charge in [-0.25, -0.2) is 0 Å². The molecule has 0 aliphatic carbocycles. The maximum Gasteiger partial charge on any atom is 0.227 e. The van der Waals surface area contributed by atoms with E-state index in [1.807, 2.05) is 0 Å². The summed E-state index contributed by atoms with van der Waals surface area (Å²) in [5, 5.41) is 0. The first-order valence-electron chi connectivity index (χ1n) is 6.73. The Labute approximate surface area is 114 Å². The number of hydrogen-bond acceptors (Lipinski definition) is 5. The Balaban J connectivity index is 1.94. The van der Waals surface area contributed by atoms with Crippen molar-refractivity contribution in [3.05, 3.63) is 0 Å². The Morgan fingerprint density at radius 1 is 1.21 bits per heavy atom. The highest BCUT2D eigenvalue weighted by Crippen LogP contribution is 2.14. The highest BCUT2D eigenvalue weighted by atomic mass is 16.5. The van der Waals surface area contributed by atoms with Gasteiger partial charge in [-0.15, -0.1) is 0 Å². The van der Waals surface area contributed by atoms with Crippen LogP contribution in [0.25, 0.3) is 0 Å². The van der Waals surface area contributed by atoms with Gasteiger partial charge in [0.05, 0.1) is 45.6 Å². The molecular weight excluding hydrogens is 250 g/mol. The Morgan fingerprint density at radius 3 is 2.53 bits per heavy atom. The number of carbonyl (C=O) groups is 1. The third-order valence-corrected chi connectivity index (χ3v) is 3.03. The van der Waals surface area contributed by atoms with Crippen molar-refractivity contribution in [1.29, 1.82) is 0 Å². The summed E-state index contributed by atoms with van der Waals surface area (Å²) in [4.78, 5) is 13.6. The van der Waals surface area contributed by atoms with Crippen LogP contribution < -0.4 is 0 Å². The molecule has 0 saturated carbocycles. The van der Waals surface area contributed by atoms with Crippen LogP contribution in [-0.2, 0) is 23.7 Å². The number of ether oxygens (including phenoxy) is 4. The minimum atomic E-state index is 0.0300. The summed E-state index contributed by atoms with van der Waals surface area (Å²) in [5.41, 5.74) is 0. The molecule has 1 atom stereocenters. The van der Waals surface area contributed by atoms with Gasteiger partial charge in [0.2, 0.25) is 5.91 Å². The first kappa shape index (κ1) is 16.4. The molecule has 1 unspecified atom stereocenters. The maximum atomic E-state index is 11.9. The molecule has 1 heterocycles. The van der Waals surface area contributed by atoms with Gasteiger partial charge in [-0.3, -0.25) is 4.79 Å². The topological polar surface area (TPSA) is 57.2 Å². The van der Waals surface area contributed by atoms with E-state index in [1.54, 1.807) is 19.1 Å². The van der Waals surface area contributed by atoms with Crippen LogP contribution in [0.2, 0.25) is 0 Å². The number of hydrogen-bond donors (Lipinski definition) is 0. The minimum Gasteiger partial charge on any atom is -0.382 e. The summed E-state index contributed by atoms with van der Waals surface area (Å²) in [6.07, 6.45) is 0.831. The number of methoxy groups -OCH3 is 1. The van der Waals surface area contributed by atoms with Crippen LogP contribution in [-0.4, -0.2) is 77.8 Å². The Bertz CT molecular complexity index is 243. The normalized spacial score (nSPS) is 18.7. The molecule has 19 heavy (non-hydrogen) atoms. The largest absolute Gasteiger partial charge is 0.382 e. The Hall–Kier alpha value is -0.690. The molecule has 0 radical (unpaired) electrons. The fourth-order valence-electron chi connectivity index (χ4n) is 1.82. The molecule has 0 aromatic carbocycles. The van der Waals surface area contributed by atoms with Gasteiger partial charge < -0.3 is 23.8 Å². The van der Waals surface area contributed by atoms with Crippen LogP contribution in [0.15, 0.2) is 0 Å². The summed E-state index contributed by atoms with van der Waals surface area (Å²) in [5.74, 6) is 0.180. The van der Waals surface area contributed by atoms with Crippen LogP contribution in [0.5, 0.6) is 0 Å². The maximum absolute atomic E-state index is 11.9. The van der Waals surface area contributed by atoms with Gasteiger partial charge in [-0.1, -0.05) is 0 Å². The van der Waals surface area contributed by atoms with E-state index in [4.69, 9.17) is 18.9 Å². The third kappa shape index (κ3) is 6.87. The van der Waals surface area contributed by atoms with Crippen molar-refractivity contribution in [3.63, 3.8) is 0 Å². The molecule has 6 heteroatoms. The second kappa shape index (κ2) is 10.1. The zero-order valence-electron chi connectivity index (χ0n) is 11.9. The number of likely N-dealkylation sites (N-methyl/N-ethyl adjacent to an activating group) is 1. The molecule has 1 saturated heterocycles. The third-order valence-electron chi connectivity index (χ3n) is 3.03. The summed E-state index contributed by atoms with van der Waals surface area (Å²) >= 11 is 0. The average Bonchev–Trinajstić information content (AvgIpc) is 2.94. The molecule has 1 amide bonds. The fraction of sp³-hybridized carbons (Fsp3) is 0.923. The molecule has 112 valence electrons. The van der Waals surface area contributed by atoms with Crippen LogP contribution in [0.4, 0.5) is 0 Å². The smallest absolute Gasteiger partial charge is 0.227 e. The Kier molecular flexibility index (Phi) is 8.73. The van der Waals surface area contributed by atoms with Crippen molar-refractivity contribution in [2.75, 3.05) is 67.0 Å². The van der Waals surface area contributed by atoms with Crippen molar-refractivity contribution >= 4 is 5.91 Å². The number of rotatable bonds is 10.